The molecule has 12 heavy (non-hydrogen) atoms. The van der Waals surface area contributed by atoms with E-state index in [9.17, 15) is 5.11 Å². The van der Waals surface area contributed by atoms with Gasteiger partial charge in [-0.3, -0.25) is 0 Å². The Labute approximate surface area is 73.8 Å². The molecule has 0 bridgehead atoms. The molecule has 2 rings (SSSR count). The molecule has 0 saturated heterocycles. The minimum atomic E-state index is -0.420. The van der Waals surface area contributed by atoms with Crippen LogP contribution in [0.2, 0.25) is 0 Å². The van der Waals surface area contributed by atoms with Crippen LogP contribution in [-0.4, -0.2) is 10.7 Å². The zero-order valence-corrected chi connectivity index (χ0v) is 7.37. The molecule has 66 valence electrons. The highest BCUT2D eigenvalue weighted by atomic mass is 16.3. The van der Waals surface area contributed by atoms with Crippen LogP contribution in [-0.2, 0) is 0 Å². The van der Waals surface area contributed by atoms with Crippen LogP contribution in [0.5, 0.6) is 0 Å². The van der Waals surface area contributed by atoms with Crippen molar-refractivity contribution in [3.63, 3.8) is 0 Å². The molecular weight excluding hydrogens is 148 g/mol. The van der Waals surface area contributed by atoms with Crippen molar-refractivity contribution in [1.82, 2.24) is 0 Å². The second-order valence-corrected chi connectivity index (χ2v) is 4.12. The van der Waals surface area contributed by atoms with E-state index in [1.807, 2.05) is 6.08 Å². The monoisotopic (exact) mass is 164 g/mol. The molecule has 2 aliphatic rings. The molecule has 0 aromatic carbocycles. The largest absolute Gasteiger partial charge is 0.389 e. The molecular formula is C11H16O. The lowest BCUT2D eigenvalue weighted by Crippen LogP contribution is -2.39. The quantitative estimate of drug-likeness (QED) is 0.589. The van der Waals surface area contributed by atoms with Crippen molar-refractivity contribution >= 4 is 0 Å². The minimum Gasteiger partial charge on any atom is -0.389 e. The van der Waals surface area contributed by atoms with Crippen LogP contribution in [0, 0.1) is 11.8 Å². The number of hydrogen-bond acceptors (Lipinski definition) is 1. The standard InChI is InChI=1S/C11H16O/c1-2-9-5-6-10-4-3-7-11(10,12)8-9/h2-4,9-10,12H,1,5-8H2/t9-,10+,11-/m1/s1. The van der Waals surface area contributed by atoms with Crippen molar-refractivity contribution < 1.29 is 5.11 Å². The summed E-state index contributed by atoms with van der Waals surface area (Å²) in [7, 11) is 0. The normalized spacial score (nSPS) is 45.8. The molecule has 0 heterocycles. The zero-order chi connectivity index (χ0) is 8.60. The molecule has 0 amide bonds. The molecule has 1 N–H and O–H groups in total. The molecule has 0 spiro atoms. The predicted molar refractivity (Wildman–Crippen MR) is 49.7 cm³/mol. The average Bonchev–Trinajstić information content (AvgIpc) is 2.44. The SMILES string of the molecule is C=C[C@@H]1CC[C@@H]2C=CC[C@@]2(O)C1. The van der Waals surface area contributed by atoms with Crippen LogP contribution in [0.15, 0.2) is 24.8 Å². The van der Waals surface area contributed by atoms with Crippen molar-refractivity contribution in [3.05, 3.63) is 24.8 Å². The first kappa shape index (κ1) is 8.06. The minimum absolute atomic E-state index is 0.420. The van der Waals surface area contributed by atoms with Gasteiger partial charge in [-0.2, -0.15) is 0 Å². The summed E-state index contributed by atoms with van der Waals surface area (Å²) in [4.78, 5) is 0. The summed E-state index contributed by atoms with van der Waals surface area (Å²) in [6.45, 7) is 3.80. The van der Waals surface area contributed by atoms with E-state index in [-0.39, 0.29) is 0 Å². The first-order chi connectivity index (χ1) is 5.74. The van der Waals surface area contributed by atoms with Gasteiger partial charge < -0.3 is 5.11 Å². The highest BCUT2D eigenvalue weighted by Gasteiger charge is 2.41. The molecule has 2 aliphatic carbocycles. The lowest BCUT2D eigenvalue weighted by atomic mass is 9.72. The van der Waals surface area contributed by atoms with Gasteiger partial charge in [-0.25, -0.2) is 0 Å². The van der Waals surface area contributed by atoms with Gasteiger partial charge in [0.05, 0.1) is 5.60 Å². The van der Waals surface area contributed by atoms with Gasteiger partial charge in [0.25, 0.3) is 0 Å². The van der Waals surface area contributed by atoms with Crippen LogP contribution in [0.1, 0.15) is 25.7 Å². The molecule has 1 heteroatoms. The van der Waals surface area contributed by atoms with Gasteiger partial charge in [0, 0.05) is 5.92 Å². The van der Waals surface area contributed by atoms with E-state index in [1.54, 1.807) is 0 Å². The second kappa shape index (κ2) is 2.74. The highest BCUT2D eigenvalue weighted by molar-refractivity contribution is 5.13. The van der Waals surface area contributed by atoms with Crippen molar-refractivity contribution in [2.75, 3.05) is 0 Å². The number of hydrogen-bond donors (Lipinski definition) is 1. The summed E-state index contributed by atoms with van der Waals surface area (Å²) in [6.07, 6.45) is 10.4. The lowest BCUT2D eigenvalue weighted by molar-refractivity contribution is -0.0298. The first-order valence-corrected chi connectivity index (χ1v) is 4.76. The Balaban J connectivity index is 2.11. The van der Waals surface area contributed by atoms with Crippen LogP contribution in [0.25, 0.3) is 0 Å². The summed E-state index contributed by atoms with van der Waals surface area (Å²) in [5.41, 5.74) is -0.420. The number of aliphatic hydroxyl groups is 1. The molecule has 0 unspecified atom stereocenters. The Hall–Kier alpha value is -0.560. The van der Waals surface area contributed by atoms with Crippen molar-refractivity contribution in [3.8, 4) is 0 Å². The number of fused-ring (bicyclic) bond motifs is 1. The zero-order valence-electron chi connectivity index (χ0n) is 7.37. The summed E-state index contributed by atoms with van der Waals surface area (Å²) >= 11 is 0. The molecule has 0 aromatic heterocycles. The Bertz CT molecular complexity index is 219. The van der Waals surface area contributed by atoms with Crippen LogP contribution in [0.3, 0.4) is 0 Å². The van der Waals surface area contributed by atoms with Crippen molar-refractivity contribution in [2.45, 2.75) is 31.3 Å². The number of rotatable bonds is 1. The molecule has 0 aliphatic heterocycles. The maximum absolute atomic E-state index is 10.2. The van der Waals surface area contributed by atoms with Crippen LogP contribution < -0.4 is 0 Å². The van der Waals surface area contributed by atoms with Gasteiger partial charge in [-0.05, 0) is 31.6 Å². The van der Waals surface area contributed by atoms with Crippen LogP contribution >= 0.6 is 0 Å². The third-order valence-corrected chi connectivity index (χ3v) is 3.33. The maximum atomic E-state index is 10.2. The fourth-order valence-corrected chi connectivity index (χ4v) is 2.52. The first-order valence-electron chi connectivity index (χ1n) is 4.76. The Kier molecular flexibility index (Phi) is 1.84. The Morgan fingerprint density at radius 2 is 2.33 bits per heavy atom. The molecule has 1 fully saturated rings. The Morgan fingerprint density at radius 3 is 3.08 bits per heavy atom. The van der Waals surface area contributed by atoms with E-state index in [4.69, 9.17) is 0 Å². The molecule has 0 radical (unpaired) electrons. The topological polar surface area (TPSA) is 20.2 Å². The highest BCUT2D eigenvalue weighted by Crippen LogP contribution is 2.43. The predicted octanol–water partition coefficient (Wildman–Crippen LogP) is 2.28. The summed E-state index contributed by atoms with van der Waals surface area (Å²) in [6, 6.07) is 0. The smallest absolute Gasteiger partial charge is 0.0749 e. The van der Waals surface area contributed by atoms with Crippen LogP contribution in [0.4, 0.5) is 0 Å². The van der Waals surface area contributed by atoms with E-state index in [0.717, 1.165) is 19.3 Å². The van der Waals surface area contributed by atoms with E-state index in [2.05, 4.69) is 18.7 Å². The van der Waals surface area contributed by atoms with E-state index in [0.29, 0.717) is 11.8 Å². The van der Waals surface area contributed by atoms with Gasteiger partial charge in [0.1, 0.15) is 0 Å². The summed E-state index contributed by atoms with van der Waals surface area (Å²) in [5.74, 6) is 0.958. The molecule has 1 nitrogen and oxygen atoms in total. The van der Waals surface area contributed by atoms with Crippen molar-refractivity contribution in [2.24, 2.45) is 11.8 Å². The molecule has 3 atom stereocenters. The molecule has 0 aromatic rings. The van der Waals surface area contributed by atoms with Gasteiger partial charge in [0.15, 0.2) is 0 Å². The van der Waals surface area contributed by atoms with E-state index in [1.165, 1.54) is 6.42 Å². The van der Waals surface area contributed by atoms with Crippen molar-refractivity contribution in [1.29, 1.82) is 0 Å². The van der Waals surface area contributed by atoms with Gasteiger partial charge in [-0.1, -0.05) is 18.2 Å². The molecule has 1 saturated carbocycles. The van der Waals surface area contributed by atoms with Gasteiger partial charge >= 0.3 is 0 Å². The summed E-state index contributed by atoms with van der Waals surface area (Å²) < 4.78 is 0. The van der Waals surface area contributed by atoms with Gasteiger partial charge in [0.2, 0.25) is 0 Å². The third-order valence-electron chi connectivity index (χ3n) is 3.33. The average molecular weight is 164 g/mol. The third kappa shape index (κ3) is 1.13. The second-order valence-electron chi connectivity index (χ2n) is 4.12. The number of allylic oxidation sites excluding steroid dienone is 1. The summed E-state index contributed by atoms with van der Waals surface area (Å²) in [5, 5.41) is 10.2. The van der Waals surface area contributed by atoms with Gasteiger partial charge in [-0.15, -0.1) is 6.58 Å². The lowest BCUT2D eigenvalue weighted by Gasteiger charge is -2.38. The van der Waals surface area contributed by atoms with E-state index >= 15 is 0 Å². The van der Waals surface area contributed by atoms with E-state index < -0.39 is 5.60 Å². The fraction of sp³-hybridized carbons (Fsp3) is 0.636. The maximum Gasteiger partial charge on any atom is 0.0749 e. The Morgan fingerprint density at radius 1 is 1.50 bits per heavy atom. The fourth-order valence-electron chi connectivity index (χ4n) is 2.52.